The topological polar surface area (TPSA) is 46.4 Å². The van der Waals surface area contributed by atoms with E-state index in [2.05, 4.69) is 10.3 Å². The monoisotopic (exact) mass is 339 g/mol. The molecule has 0 spiro atoms. The molecule has 8 heteroatoms. The summed E-state index contributed by atoms with van der Waals surface area (Å²) in [6.45, 7) is 0. The van der Waals surface area contributed by atoms with E-state index in [9.17, 15) is 18.0 Å². The molecule has 0 aliphatic heterocycles. The maximum atomic E-state index is 13.1. The van der Waals surface area contributed by atoms with Crippen molar-refractivity contribution >= 4 is 28.8 Å². The number of alkyl halides is 3. The molecule has 3 aromatic rings. The lowest BCUT2D eigenvalue weighted by Gasteiger charge is -2.14. The van der Waals surface area contributed by atoms with E-state index in [1.807, 2.05) is 0 Å². The average Bonchev–Trinajstić information content (AvgIpc) is 2.96. The Labute approximate surface area is 133 Å². The number of aromatic nitrogens is 2. The number of rotatable bonds is 2. The molecule has 0 unspecified atom stereocenters. The van der Waals surface area contributed by atoms with E-state index in [0.717, 1.165) is 12.1 Å². The number of hydrogen-bond acceptors (Lipinski definition) is 2. The molecular weight excluding hydrogens is 331 g/mol. The molecule has 0 saturated heterocycles. The maximum Gasteiger partial charge on any atom is 0.418 e. The average molecular weight is 340 g/mol. The Bertz CT molecular complexity index is 889. The van der Waals surface area contributed by atoms with Crippen molar-refractivity contribution in [3.8, 4) is 0 Å². The van der Waals surface area contributed by atoms with Crippen LogP contribution in [-0.2, 0) is 6.18 Å². The predicted molar refractivity (Wildman–Crippen MR) is 79.6 cm³/mol. The fourth-order valence-corrected chi connectivity index (χ4v) is 2.35. The third kappa shape index (κ3) is 3.00. The van der Waals surface area contributed by atoms with E-state index in [1.165, 1.54) is 22.7 Å². The Morgan fingerprint density at radius 3 is 2.74 bits per heavy atom. The molecular formula is C15H9ClF3N3O. The number of hydrogen-bond donors (Lipinski definition) is 1. The predicted octanol–water partition coefficient (Wildman–Crippen LogP) is 4.26. The van der Waals surface area contributed by atoms with Crippen LogP contribution < -0.4 is 5.32 Å². The van der Waals surface area contributed by atoms with Crippen LogP contribution in [0.2, 0.25) is 5.02 Å². The van der Waals surface area contributed by atoms with Crippen molar-refractivity contribution < 1.29 is 18.0 Å². The maximum absolute atomic E-state index is 13.1. The highest BCUT2D eigenvalue weighted by molar-refractivity contribution is 6.30. The van der Waals surface area contributed by atoms with Crippen LogP contribution in [0, 0.1) is 0 Å². The summed E-state index contributed by atoms with van der Waals surface area (Å²) in [5.74, 6) is -0.679. The minimum Gasteiger partial charge on any atom is -0.320 e. The van der Waals surface area contributed by atoms with Gasteiger partial charge in [0.1, 0.15) is 11.3 Å². The molecule has 0 atom stereocenters. The Morgan fingerprint density at radius 1 is 1.22 bits per heavy atom. The number of pyridine rings is 1. The van der Waals surface area contributed by atoms with E-state index < -0.39 is 17.6 Å². The second-order valence-electron chi connectivity index (χ2n) is 4.71. The van der Waals surface area contributed by atoms with Gasteiger partial charge < -0.3 is 5.32 Å². The first-order valence-electron chi connectivity index (χ1n) is 6.46. The largest absolute Gasteiger partial charge is 0.418 e. The number of halogens is 4. The molecule has 2 heterocycles. The van der Waals surface area contributed by atoms with E-state index >= 15 is 0 Å². The van der Waals surface area contributed by atoms with Gasteiger partial charge in [0.2, 0.25) is 0 Å². The third-order valence-electron chi connectivity index (χ3n) is 3.20. The standard InChI is InChI=1S/C15H9ClF3N3O/c16-9-4-5-11(10(8-9)15(17,18)19)21-14(23)12-2-1-3-13-20-6-7-22(12)13/h1-8H,(H,21,23). The van der Waals surface area contributed by atoms with Crippen LogP contribution in [0.25, 0.3) is 5.65 Å². The molecule has 3 rings (SSSR count). The van der Waals surface area contributed by atoms with Crippen LogP contribution in [0.1, 0.15) is 16.1 Å². The quantitative estimate of drug-likeness (QED) is 0.758. The second kappa shape index (κ2) is 5.58. The summed E-state index contributed by atoms with van der Waals surface area (Å²) >= 11 is 5.61. The van der Waals surface area contributed by atoms with Gasteiger partial charge in [0.15, 0.2) is 0 Å². The molecule has 1 amide bonds. The summed E-state index contributed by atoms with van der Waals surface area (Å²) in [6, 6.07) is 7.95. The van der Waals surface area contributed by atoms with Crippen LogP contribution in [0.15, 0.2) is 48.8 Å². The lowest BCUT2D eigenvalue weighted by atomic mass is 10.1. The van der Waals surface area contributed by atoms with Crippen LogP contribution in [-0.4, -0.2) is 15.3 Å². The molecule has 0 bridgehead atoms. The van der Waals surface area contributed by atoms with Gasteiger partial charge >= 0.3 is 6.18 Å². The number of nitrogens with zero attached hydrogens (tertiary/aromatic N) is 2. The Hall–Kier alpha value is -2.54. The van der Waals surface area contributed by atoms with E-state index in [-0.39, 0.29) is 16.4 Å². The number of anilines is 1. The number of imidazole rings is 1. The minimum atomic E-state index is -4.63. The molecule has 4 nitrogen and oxygen atoms in total. The molecule has 0 aliphatic rings. The van der Waals surface area contributed by atoms with Crippen LogP contribution in [0.4, 0.5) is 18.9 Å². The molecule has 0 saturated carbocycles. The molecule has 1 N–H and O–H groups in total. The van der Waals surface area contributed by atoms with E-state index in [4.69, 9.17) is 11.6 Å². The van der Waals surface area contributed by atoms with E-state index in [0.29, 0.717) is 5.65 Å². The number of benzene rings is 1. The molecule has 0 radical (unpaired) electrons. The number of amides is 1. The lowest BCUT2D eigenvalue weighted by Crippen LogP contribution is -2.18. The summed E-state index contributed by atoms with van der Waals surface area (Å²) < 4.78 is 40.7. The zero-order chi connectivity index (χ0) is 16.6. The second-order valence-corrected chi connectivity index (χ2v) is 5.14. The molecule has 118 valence electrons. The summed E-state index contributed by atoms with van der Waals surface area (Å²) in [6.07, 6.45) is -1.58. The van der Waals surface area contributed by atoms with E-state index in [1.54, 1.807) is 18.3 Å². The van der Waals surface area contributed by atoms with Gasteiger partial charge in [-0.05, 0) is 30.3 Å². The smallest absolute Gasteiger partial charge is 0.320 e. The first-order chi connectivity index (χ1) is 10.9. The first kappa shape index (κ1) is 15.4. The van der Waals surface area contributed by atoms with Crippen molar-refractivity contribution in [1.82, 2.24) is 9.38 Å². The number of nitrogens with one attached hydrogen (secondary N) is 1. The van der Waals surface area contributed by atoms with Gasteiger partial charge in [-0.25, -0.2) is 4.98 Å². The first-order valence-corrected chi connectivity index (χ1v) is 6.84. The van der Waals surface area contributed by atoms with Gasteiger partial charge in [-0.15, -0.1) is 0 Å². The summed E-state index contributed by atoms with van der Waals surface area (Å²) in [4.78, 5) is 16.4. The minimum absolute atomic E-state index is 0.0629. The summed E-state index contributed by atoms with van der Waals surface area (Å²) in [5.41, 5.74) is -0.673. The lowest BCUT2D eigenvalue weighted by molar-refractivity contribution is -0.136. The molecule has 23 heavy (non-hydrogen) atoms. The van der Waals surface area contributed by atoms with Gasteiger partial charge in [0, 0.05) is 17.4 Å². The van der Waals surface area contributed by atoms with Crippen molar-refractivity contribution in [3.05, 3.63) is 65.1 Å². The van der Waals surface area contributed by atoms with Gasteiger partial charge in [-0.1, -0.05) is 17.7 Å². The normalized spacial score (nSPS) is 11.7. The van der Waals surface area contributed by atoms with Crippen LogP contribution >= 0.6 is 11.6 Å². The molecule has 1 aromatic carbocycles. The fourth-order valence-electron chi connectivity index (χ4n) is 2.18. The Morgan fingerprint density at radius 2 is 2.00 bits per heavy atom. The molecule has 0 aliphatic carbocycles. The zero-order valence-corrected chi connectivity index (χ0v) is 12.2. The van der Waals surface area contributed by atoms with Crippen LogP contribution in [0.5, 0.6) is 0 Å². The molecule has 0 fully saturated rings. The van der Waals surface area contributed by atoms with Gasteiger partial charge in [0.05, 0.1) is 11.3 Å². The van der Waals surface area contributed by atoms with Crippen molar-refractivity contribution in [2.75, 3.05) is 5.32 Å². The summed E-state index contributed by atoms with van der Waals surface area (Å²) in [5, 5.41) is 2.21. The highest BCUT2D eigenvalue weighted by Gasteiger charge is 2.34. The SMILES string of the molecule is O=C(Nc1ccc(Cl)cc1C(F)(F)F)c1cccc2nccn12. The highest BCUT2D eigenvalue weighted by Crippen LogP contribution is 2.36. The van der Waals surface area contributed by atoms with Crippen molar-refractivity contribution in [3.63, 3.8) is 0 Å². The Kier molecular flexibility index (Phi) is 3.73. The van der Waals surface area contributed by atoms with Crippen molar-refractivity contribution in [2.24, 2.45) is 0 Å². The zero-order valence-electron chi connectivity index (χ0n) is 11.4. The van der Waals surface area contributed by atoms with Gasteiger partial charge in [0.25, 0.3) is 5.91 Å². The van der Waals surface area contributed by atoms with Crippen LogP contribution in [0.3, 0.4) is 0 Å². The number of fused-ring (bicyclic) bond motifs is 1. The highest BCUT2D eigenvalue weighted by atomic mass is 35.5. The number of carbonyl (C=O) groups excluding carboxylic acids is 1. The molecule has 2 aromatic heterocycles. The van der Waals surface area contributed by atoms with Gasteiger partial charge in [-0.2, -0.15) is 13.2 Å². The Balaban J connectivity index is 1.99. The number of carbonyl (C=O) groups is 1. The third-order valence-corrected chi connectivity index (χ3v) is 3.43. The summed E-state index contributed by atoms with van der Waals surface area (Å²) in [7, 11) is 0. The van der Waals surface area contributed by atoms with Gasteiger partial charge in [-0.3, -0.25) is 9.20 Å². The van der Waals surface area contributed by atoms with Crippen molar-refractivity contribution in [2.45, 2.75) is 6.18 Å². The fraction of sp³-hybridized carbons (Fsp3) is 0.0667. The van der Waals surface area contributed by atoms with Crippen molar-refractivity contribution in [1.29, 1.82) is 0 Å².